The van der Waals surface area contributed by atoms with E-state index < -0.39 is 0 Å². The molecular formula is C16H19ClN4O. The van der Waals surface area contributed by atoms with Gasteiger partial charge in [-0.1, -0.05) is 29.8 Å². The number of nitrogens with zero attached hydrogens (tertiary/aromatic N) is 2. The van der Waals surface area contributed by atoms with Gasteiger partial charge in [0, 0.05) is 29.5 Å². The normalized spacial score (nSPS) is 11.1. The number of carbonyl (C=O) groups excluding carboxylic acids is 1. The van der Waals surface area contributed by atoms with Crippen molar-refractivity contribution < 1.29 is 4.79 Å². The van der Waals surface area contributed by atoms with E-state index in [9.17, 15) is 4.79 Å². The first-order valence-corrected chi connectivity index (χ1v) is 7.35. The molecule has 22 heavy (non-hydrogen) atoms. The summed E-state index contributed by atoms with van der Waals surface area (Å²) in [5.41, 5.74) is 1.10. The molecule has 5 nitrogen and oxygen atoms in total. The van der Waals surface area contributed by atoms with Gasteiger partial charge in [-0.3, -0.25) is 4.79 Å². The van der Waals surface area contributed by atoms with Crippen LogP contribution in [0.4, 0.5) is 5.95 Å². The van der Waals surface area contributed by atoms with Crippen LogP contribution in [0.15, 0.2) is 36.7 Å². The van der Waals surface area contributed by atoms with Gasteiger partial charge in [0.25, 0.3) is 5.91 Å². The zero-order valence-corrected chi connectivity index (χ0v) is 13.6. The molecule has 0 bridgehead atoms. The van der Waals surface area contributed by atoms with Gasteiger partial charge in [-0.15, -0.1) is 0 Å². The van der Waals surface area contributed by atoms with Gasteiger partial charge in [-0.25, -0.2) is 9.97 Å². The van der Waals surface area contributed by atoms with Crippen LogP contribution in [0, 0.1) is 0 Å². The standard InChI is InChI=1S/C16H19ClN4O/c1-16(2,3)21-14(22)12-9-19-15(20-10-12)18-8-11-6-4-5-7-13(11)17/h4-7,9-10H,8H2,1-3H3,(H,21,22)(H,18,19,20). The molecule has 2 aromatic rings. The highest BCUT2D eigenvalue weighted by atomic mass is 35.5. The van der Waals surface area contributed by atoms with E-state index in [-0.39, 0.29) is 11.4 Å². The molecule has 116 valence electrons. The van der Waals surface area contributed by atoms with Crippen molar-refractivity contribution in [1.82, 2.24) is 15.3 Å². The van der Waals surface area contributed by atoms with Crippen LogP contribution in [0.1, 0.15) is 36.7 Å². The van der Waals surface area contributed by atoms with E-state index in [1.54, 1.807) is 0 Å². The first kappa shape index (κ1) is 16.2. The van der Waals surface area contributed by atoms with Crippen molar-refractivity contribution in [3.63, 3.8) is 0 Å². The molecular weight excluding hydrogens is 300 g/mol. The molecule has 6 heteroatoms. The largest absolute Gasteiger partial charge is 0.350 e. The summed E-state index contributed by atoms with van der Waals surface area (Å²) in [6.45, 7) is 6.29. The van der Waals surface area contributed by atoms with Gasteiger partial charge in [0.15, 0.2) is 0 Å². The third-order valence-electron chi connectivity index (χ3n) is 2.80. The van der Waals surface area contributed by atoms with Crippen molar-refractivity contribution in [2.75, 3.05) is 5.32 Å². The fourth-order valence-electron chi connectivity index (χ4n) is 1.77. The first-order chi connectivity index (χ1) is 10.3. The maximum atomic E-state index is 12.0. The van der Waals surface area contributed by atoms with Crippen molar-refractivity contribution in [2.24, 2.45) is 0 Å². The lowest BCUT2D eigenvalue weighted by atomic mass is 10.1. The van der Waals surface area contributed by atoms with Gasteiger partial charge in [-0.05, 0) is 32.4 Å². The lowest BCUT2D eigenvalue weighted by molar-refractivity contribution is 0.0919. The van der Waals surface area contributed by atoms with Gasteiger partial charge < -0.3 is 10.6 Å². The number of nitrogens with one attached hydrogen (secondary N) is 2. The molecule has 0 aliphatic carbocycles. The van der Waals surface area contributed by atoms with Gasteiger partial charge in [0.05, 0.1) is 5.56 Å². The van der Waals surface area contributed by atoms with Crippen molar-refractivity contribution in [3.05, 3.63) is 52.8 Å². The summed E-state index contributed by atoms with van der Waals surface area (Å²) in [4.78, 5) is 20.3. The van der Waals surface area contributed by atoms with Crippen LogP contribution >= 0.6 is 11.6 Å². The minimum absolute atomic E-state index is 0.190. The SMILES string of the molecule is CC(C)(C)NC(=O)c1cnc(NCc2ccccc2Cl)nc1. The number of hydrogen-bond donors (Lipinski definition) is 2. The molecule has 0 fully saturated rings. The number of benzene rings is 1. The molecule has 0 aliphatic rings. The Morgan fingerprint density at radius 1 is 1.18 bits per heavy atom. The van der Waals surface area contributed by atoms with E-state index in [1.165, 1.54) is 12.4 Å². The highest BCUT2D eigenvalue weighted by Gasteiger charge is 2.15. The average Bonchev–Trinajstić information content (AvgIpc) is 2.45. The Morgan fingerprint density at radius 3 is 2.41 bits per heavy atom. The quantitative estimate of drug-likeness (QED) is 0.908. The van der Waals surface area contributed by atoms with E-state index in [2.05, 4.69) is 20.6 Å². The fraction of sp³-hybridized carbons (Fsp3) is 0.312. The Morgan fingerprint density at radius 2 is 1.82 bits per heavy atom. The Kier molecular flexibility index (Phi) is 4.98. The number of hydrogen-bond acceptors (Lipinski definition) is 4. The lowest BCUT2D eigenvalue weighted by Gasteiger charge is -2.20. The number of rotatable bonds is 4. The minimum Gasteiger partial charge on any atom is -0.350 e. The molecule has 0 aliphatic heterocycles. The van der Waals surface area contributed by atoms with E-state index in [0.29, 0.717) is 23.1 Å². The molecule has 0 saturated heterocycles. The van der Waals surface area contributed by atoms with Crippen LogP contribution in [-0.4, -0.2) is 21.4 Å². The summed E-state index contributed by atoms with van der Waals surface area (Å²) >= 11 is 6.08. The first-order valence-electron chi connectivity index (χ1n) is 6.97. The molecule has 0 unspecified atom stereocenters. The molecule has 2 rings (SSSR count). The van der Waals surface area contributed by atoms with E-state index in [0.717, 1.165) is 5.56 Å². The summed E-state index contributed by atoms with van der Waals surface area (Å²) in [6.07, 6.45) is 3.01. The van der Waals surface area contributed by atoms with Crippen molar-refractivity contribution in [3.8, 4) is 0 Å². The molecule has 1 aromatic carbocycles. The molecule has 2 N–H and O–H groups in total. The molecule has 1 amide bonds. The topological polar surface area (TPSA) is 66.9 Å². The van der Waals surface area contributed by atoms with E-state index in [1.807, 2.05) is 45.0 Å². The smallest absolute Gasteiger partial charge is 0.254 e. The number of carbonyl (C=O) groups is 1. The second-order valence-electron chi connectivity index (χ2n) is 5.94. The van der Waals surface area contributed by atoms with Crippen LogP contribution < -0.4 is 10.6 Å². The van der Waals surface area contributed by atoms with Crippen molar-refractivity contribution in [1.29, 1.82) is 0 Å². The molecule has 0 atom stereocenters. The van der Waals surface area contributed by atoms with Gasteiger partial charge in [0.1, 0.15) is 0 Å². The van der Waals surface area contributed by atoms with Crippen molar-refractivity contribution >= 4 is 23.5 Å². The summed E-state index contributed by atoms with van der Waals surface area (Å²) in [5, 5.41) is 6.63. The van der Waals surface area contributed by atoms with Crippen LogP contribution in [0.5, 0.6) is 0 Å². The van der Waals surface area contributed by atoms with Crippen LogP contribution in [0.25, 0.3) is 0 Å². The second kappa shape index (κ2) is 6.75. The van der Waals surface area contributed by atoms with Gasteiger partial charge in [0.2, 0.25) is 5.95 Å². The summed E-state index contributed by atoms with van der Waals surface area (Å²) < 4.78 is 0. The fourth-order valence-corrected chi connectivity index (χ4v) is 1.97. The summed E-state index contributed by atoms with van der Waals surface area (Å²) in [7, 11) is 0. The Balaban J connectivity index is 1.98. The summed E-state index contributed by atoms with van der Waals surface area (Å²) in [6, 6.07) is 7.56. The number of halogens is 1. The monoisotopic (exact) mass is 318 g/mol. The zero-order chi connectivity index (χ0) is 16.2. The highest BCUT2D eigenvalue weighted by molar-refractivity contribution is 6.31. The molecule has 1 heterocycles. The number of aromatic nitrogens is 2. The minimum atomic E-state index is -0.294. The Labute approximate surface area is 135 Å². The Hall–Kier alpha value is -2.14. The van der Waals surface area contributed by atoms with Crippen molar-refractivity contribution in [2.45, 2.75) is 32.9 Å². The predicted octanol–water partition coefficient (Wildman–Crippen LogP) is 3.27. The number of amides is 1. The van der Waals surface area contributed by atoms with Gasteiger partial charge >= 0.3 is 0 Å². The highest BCUT2D eigenvalue weighted by Crippen LogP contribution is 2.15. The molecule has 0 saturated carbocycles. The van der Waals surface area contributed by atoms with Crippen LogP contribution in [0.3, 0.4) is 0 Å². The van der Waals surface area contributed by atoms with Crippen LogP contribution in [-0.2, 0) is 6.54 Å². The molecule has 0 spiro atoms. The maximum Gasteiger partial charge on any atom is 0.254 e. The number of anilines is 1. The second-order valence-corrected chi connectivity index (χ2v) is 6.35. The third kappa shape index (κ3) is 4.70. The third-order valence-corrected chi connectivity index (χ3v) is 3.17. The molecule has 0 radical (unpaired) electrons. The van der Waals surface area contributed by atoms with Gasteiger partial charge in [-0.2, -0.15) is 0 Å². The molecule has 1 aromatic heterocycles. The lowest BCUT2D eigenvalue weighted by Crippen LogP contribution is -2.40. The Bertz CT molecular complexity index is 650. The van der Waals surface area contributed by atoms with E-state index in [4.69, 9.17) is 11.6 Å². The maximum absolute atomic E-state index is 12.0. The zero-order valence-electron chi connectivity index (χ0n) is 12.9. The van der Waals surface area contributed by atoms with E-state index >= 15 is 0 Å². The predicted molar refractivity (Wildman–Crippen MR) is 88.0 cm³/mol. The summed E-state index contributed by atoms with van der Waals surface area (Å²) in [5.74, 6) is 0.261. The van der Waals surface area contributed by atoms with Crippen LogP contribution in [0.2, 0.25) is 5.02 Å². The average molecular weight is 319 g/mol.